The number of hydrogen-bond acceptors (Lipinski definition) is 4. The minimum absolute atomic E-state index is 0.348. The van der Waals surface area contributed by atoms with E-state index in [0.29, 0.717) is 5.69 Å². The number of esters is 1. The molecule has 0 radical (unpaired) electrons. The van der Waals surface area contributed by atoms with Crippen LogP contribution in [0.2, 0.25) is 0 Å². The van der Waals surface area contributed by atoms with Crippen molar-refractivity contribution in [3.63, 3.8) is 0 Å². The summed E-state index contributed by atoms with van der Waals surface area (Å²) in [5.41, 5.74) is 2.71. The first-order valence-electron chi connectivity index (χ1n) is 5.26. The molecule has 0 saturated carbocycles. The predicted octanol–water partition coefficient (Wildman–Crippen LogP) is 1.24. The van der Waals surface area contributed by atoms with Crippen LogP contribution in [0.3, 0.4) is 0 Å². The Morgan fingerprint density at radius 1 is 1.50 bits per heavy atom. The van der Waals surface area contributed by atoms with Crippen LogP contribution in [0.1, 0.15) is 22.5 Å². The first-order valence-corrected chi connectivity index (χ1v) is 5.26. The fourth-order valence-corrected chi connectivity index (χ4v) is 1.69. The van der Waals surface area contributed by atoms with Gasteiger partial charge in [0.2, 0.25) is 0 Å². The summed E-state index contributed by atoms with van der Waals surface area (Å²) in [5.74, 6) is -0.397. The molecule has 1 aliphatic rings. The molecule has 16 heavy (non-hydrogen) atoms. The van der Waals surface area contributed by atoms with Gasteiger partial charge in [0.15, 0.2) is 0 Å². The van der Waals surface area contributed by atoms with E-state index >= 15 is 0 Å². The van der Waals surface area contributed by atoms with E-state index in [1.54, 1.807) is 12.3 Å². The first kappa shape index (κ1) is 10.8. The Kier molecular flexibility index (Phi) is 3.31. The molecule has 0 saturated heterocycles. The molecule has 84 valence electrons. The van der Waals surface area contributed by atoms with Crippen molar-refractivity contribution in [3.8, 4) is 0 Å². The average molecular weight is 218 g/mol. The van der Waals surface area contributed by atoms with Crippen molar-refractivity contribution in [2.75, 3.05) is 20.2 Å². The zero-order chi connectivity index (χ0) is 11.4. The van der Waals surface area contributed by atoms with Gasteiger partial charge in [-0.1, -0.05) is 12.1 Å². The molecule has 1 aromatic heterocycles. The maximum atomic E-state index is 11.2. The second-order valence-electron chi connectivity index (χ2n) is 3.61. The van der Waals surface area contributed by atoms with E-state index < -0.39 is 5.97 Å². The number of nitrogens with zero attached hydrogens (tertiary/aromatic N) is 1. The van der Waals surface area contributed by atoms with E-state index in [-0.39, 0.29) is 0 Å². The Labute approximate surface area is 94.3 Å². The molecule has 1 aromatic rings. The number of ether oxygens (including phenoxy) is 1. The lowest BCUT2D eigenvalue weighted by Gasteiger charge is -2.13. The normalized spacial score (nSPS) is 15.4. The smallest absolute Gasteiger partial charge is 0.356 e. The maximum absolute atomic E-state index is 11.2. The topological polar surface area (TPSA) is 51.2 Å². The minimum Gasteiger partial charge on any atom is -0.464 e. The Hall–Kier alpha value is -1.68. The summed E-state index contributed by atoms with van der Waals surface area (Å²) in [4.78, 5) is 15.3. The molecule has 2 rings (SSSR count). The van der Waals surface area contributed by atoms with Gasteiger partial charge >= 0.3 is 5.97 Å². The van der Waals surface area contributed by atoms with Gasteiger partial charge in [0.25, 0.3) is 0 Å². The van der Waals surface area contributed by atoms with Crippen LogP contribution >= 0.6 is 0 Å². The average Bonchev–Trinajstić information content (AvgIpc) is 2.39. The van der Waals surface area contributed by atoms with E-state index in [0.717, 1.165) is 25.1 Å². The quantitative estimate of drug-likeness (QED) is 0.759. The van der Waals surface area contributed by atoms with Crippen LogP contribution in [0.4, 0.5) is 0 Å². The van der Waals surface area contributed by atoms with Crippen molar-refractivity contribution in [2.45, 2.75) is 6.42 Å². The molecule has 4 nitrogen and oxygen atoms in total. The van der Waals surface area contributed by atoms with Crippen molar-refractivity contribution in [1.82, 2.24) is 10.3 Å². The molecule has 4 heteroatoms. The van der Waals surface area contributed by atoms with Crippen molar-refractivity contribution in [2.24, 2.45) is 0 Å². The number of aromatic nitrogens is 1. The highest BCUT2D eigenvalue weighted by Crippen LogP contribution is 2.18. The lowest BCUT2D eigenvalue weighted by Crippen LogP contribution is -2.20. The largest absolute Gasteiger partial charge is 0.464 e. The van der Waals surface area contributed by atoms with Crippen LogP contribution in [-0.4, -0.2) is 31.2 Å². The molecule has 1 aliphatic heterocycles. The Morgan fingerprint density at radius 2 is 2.38 bits per heavy atom. The van der Waals surface area contributed by atoms with Gasteiger partial charge in [-0.15, -0.1) is 0 Å². The third-order valence-corrected chi connectivity index (χ3v) is 2.59. The van der Waals surface area contributed by atoms with Crippen LogP contribution in [0.5, 0.6) is 0 Å². The summed E-state index contributed by atoms with van der Waals surface area (Å²) in [6, 6.07) is 3.61. The van der Waals surface area contributed by atoms with Crippen LogP contribution in [0, 0.1) is 0 Å². The maximum Gasteiger partial charge on any atom is 0.356 e. The number of nitrogens with one attached hydrogen (secondary N) is 1. The Morgan fingerprint density at radius 3 is 2.94 bits per heavy atom. The van der Waals surface area contributed by atoms with E-state index in [2.05, 4.69) is 21.1 Å². The Balaban J connectivity index is 2.18. The number of carbonyl (C=O) groups excluding carboxylic acids is 1. The molecule has 0 amide bonds. The molecule has 0 atom stereocenters. The zero-order valence-electron chi connectivity index (χ0n) is 9.19. The second kappa shape index (κ2) is 4.90. The van der Waals surface area contributed by atoms with Gasteiger partial charge in [0.05, 0.1) is 7.11 Å². The van der Waals surface area contributed by atoms with Gasteiger partial charge in [0, 0.05) is 12.7 Å². The van der Waals surface area contributed by atoms with Crippen molar-refractivity contribution >= 4 is 11.5 Å². The number of rotatable bonds is 2. The number of pyridine rings is 1. The zero-order valence-corrected chi connectivity index (χ0v) is 9.19. The van der Waals surface area contributed by atoms with Gasteiger partial charge in [-0.2, -0.15) is 0 Å². The fraction of sp³-hybridized carbons (Fsp3) is 0.333. The Bertz CT molecular complexity index is 410. The van der Waals surface area contributed by atoms with Gasteiger partial charge in [-0.25, -0.2) is 9.78 Å². The molecule has 0 fully saturated rings. The van der Waals surface area contributed by atoms with E-state index in [1.807, 2.05) is 6.07 Å². The summed E-state index contributed by atoms with van der Waals surface area (Å²) in [6.07, 6.45) is 4.88. The highest BCUT2D eigenvalue weighted by molar-refractivity contribution is 5.87. The van der Waals surface area contributed by atoms with Crippen LogP contribution in [0.15, 0.2) is 24.4 Å². The predicted molar refractivity (Wildman–Crippen MR) is 61.0 cm³/mol. The van der Waals surface area contributed by atoms with Crippen LogP contribution in [-0.2, 0) is 4.74 Å². The second-order valence-corrected chi connectivity index (χ2v) is 3.61. The number of carbonyl (C=O) groups is 1. The number of hydrogen-bond donors (Lipinski definition) is 1. The molecule has 1 N–H and O–H groups in total. The van der Waals surface area contributed by atoms with Gasteiger partial charge < -0.3 is 10.1 Å². The SMILES string of the molecule is COC(=O)c1ccc(C2=CCNCC2)cn1. The summed E-state index contributed by atoms with van der Waals surface area (Å²) in [6.45, 7) is 1.89. The van der Waals surface area contributed by atoms with Crippen LogP contribution < -0.4 is 5.32 Å². The van der Waals surface area contributed by atoms with E-state index in [9.17, 15) is 4.79 Å². The van der Waals surface area contributed by atoms with Gasteiger partial charge in [-0.05, 0) is 30.2 Å². The third kappa shape index (κ3) is 2.28. The third-order valence-electron chi connectivity index (χ3n) is 2.59. The van der Waals surface area contributed by atoms with Crippen LogP contribution in [0.25, 0.3) is 5.57 Å². The van der Waals surface area contributed by atoms with E-state index in [4.69, 9.17) is 0 Å². The standard InChI is InChI=1S/C12H14N2O2/c1-16-12(15)11-3-2-10(8-14-11)9-4-6-13-7-5-9/h2-4,8,13H,5-7H2,1H3. The van der Waals surface area contributed by atoms with Gasteiger partial charge in [-0.3, -0.25) is 0 Å². The van der Waals surface area contributed by atoms with E-state index in [1.165, 1.54) is 12.7 Å². The summed E-state index contributed by atoms with van der Waals surface area (Å²) in [5, 5.41) is 3.25. The van der Waals surface area contributed by atoms with Crippen molar-refractivity contribution in [3.05, 3.63) is 35.7 Å². The molecule has 0 bridgehead atoms. The minimum atomic E-state index is -0.397. The monoisotopic (exact) mass is 218 g/mol. The molecule has 0 spiro atoms. The highest BCUT2D eigenvalue weighted by Gasteiger charge is 2.09. The summed E-state index contributed by atoms with van der Waals surface area (Å²) >= 11 is 0. The molecule has 2 heterocycles. The fourth-order valence-electron chi connectivity index (χ4n) is 1.69. The summed E-state index contributed by atoms with van der Waals surface area (Å²) < 4.78 is 4.60. The van der Waals surface area contributed by atoms with Crippen molar-refractivity contribution < 1.29 is 9.53 Å². The highest BCUT2D eigenvalue weighted by atomic mass is 16.5. The lowest BCUT2D eigenvalue weighted by atomic mass is 10.0. The molecular weight excluding hydrogens is 204 g/mol. The first-order chi connectivity index (χ1) is 7.81. The molecule has 0 aromatic carbocycles. The van der Waals surface area contributed by atoms with Crippen molar-refractivity contribution in [1.29, 1.82) is 0 Å². The molecule has 0 aliphatic carbocycles. The number of methoxy groups -OCH3 is 1. The molecule has 0 unspecified atom stereocenters. The molecular formula is C12H14N2O2. The van der Waals surface area contributed by atoms with Gasteiger partial charge in [0.1, 0.15) is 5.69 Å². The summed E-state index contributed by atoms with van der Waals surface area (Å²) in [7, 11) is 1.35. The lowest BCUT2D eigenvalue weighted by molar-refractivity contribution is 0.0594.